The third-order valence-corrected chi connectivity index (χ3v) is 3.31. The van der Waals surface area contributed by atoms with Crippen molar-refractivity contribution in [3.05, 3.63) is 56.1 Å². The lowest BCUT2D eigenvalue weighted by atomic mass is 9.96. The van der Waals surface area contributed by atoms with Gasteiger partial charge in [-0.15, -0.1) is 0 Å². The molecule has 1 rings (SSSR count). The van der Waals surface area contributed by atoms with Crippen LogP contribution in [-0.2, 0) is 5.00 Å². The van der Waals surface area contributed by atoms with Gasteiger partial charge in [-0.25, -0.2) is 0 Å². The molecule has 0 bridgehead atoms. The standard InChI is InChI=1S/C11H13ClN2O4/c1-2-6-10(13(15)16)11(12,14(17)18)9-7-4-3-5-8-9/h3-5,7-8,10H,2,6H2,1H3. The van der Waals surface area contributed by atoms with Crippen molar-refractivity contribution in [2.75, 3.05) is 0 Å². The van der Waals surface area contributed by atoms with E-state index in [0.717, 1.165) is 0 Å². The molecule has 18 heavy (non-hydrogen) atoms. The highest BCUT2D eigenvalue weighted by molar-refractivity contribution is 6.23. The van der Waals surface area contributed by atoms with Gasteiger partial charge in [0.25, 0.3) is 0 Å². The molecule has 0 amide bonds. The van der Waals surface area contributed by atoms with E-state index in [-0.39, 0.29) is 12.0 Å². The zero-order valence-corrected chi connectivity index (χ0v) is 10.5. The van der Waals surface area contributed by atoms with E-state index >= 15 is 0 Å². The molecule has 0 N–H and O–H groups in total. The molecule has 7 heteroatoms. The molecule has 0 fully saturated rings. The van der Waals surface area contributed by atoms with Gasteiger partial charge in [0.1, 0.15) is 0 Å². The number of nitro groups is 2. The highest BCUT2D eigenvalue weighted by Crippen LogP contribution is 2.36. The molecule has 0 saturated heterocycles. The van der Waals surface area contributed by atoms with E-state index in [1.54, 1.807) is 25.1 Å². The largest absolute Gasteiger partial charge is 0.386 e. The number of rotatable bonds is 6. The summed E-state index contributed by atoms with van der Waals surface area (Å²) in [5.74, 6) is 0. The molecule has 0 aliphatic carbocycles. The number of halogens is 1. The molecule has 0 aliphatic heterocycles. The average Bonchev–Trinajstić information content (AvgIpc) is 2.35. The summed E-state index contributed by atoms with van der Waals surface area (Å²) in [5, 5.41) is 22.2. The quantitative estimate of drug-likeness (QED) is 0.345. The van der Waals surface area contributed by atoms with Gasteiger partial charge in [0.15, 0.2) is 0 Å². The lowest BCUT2D eigenvalue weighted by Crippen LogP contribution is -2.46. The highest BCUT2D eigenvalue weighted by Gasteiger charge is 2.57. The Balaban J connectivity index is 3.30. The fourth-order valence-corrected chi connectivity index (χ4v) is 2.12. The molecule has 1 aromatic carbocycles. The molecule has 98 valence electrons. The minimum Gasteiger partial charge on any atom is -0.264 e. The first-order valence-corrected chi connectivity index (χ1v) is 5.84. The SMILES string of the molecule is CCCC([N+](=O)[O-])C(Cl)(c1ccccc1)[N+](=O)[O-]. The number of hydrogen-bond acceptors (Lipinski definition) is 4. The van der Waals surface area contributed by atoms with Crippen LogP contribution in [0.4, 0.5) is 0 Å². The Bertz CT molecular complexity index is 440. The Morgan fingerprint density at radius 1 is 1.28 bits per heavy atom. The van der Waals surface area contributed by atoms with E-state index in [9.17, 15) is 20.2 Å². The average molecular weight is 273 g/mol. The summed E-state index contributed by atoms with van der Waals surface area (Å²) in [6.07, 6.45) is 0.493. The predicted molar refractivity (Wildman–Crippen MR) is 66.7 cm³/mol. The summed E-state index contributed by atoms with van der Waals surface area (Å²) < 4.78 is 0. The molecule has 0 radical (unpaired) electrons. The topological polar surface area (TPSA) is 86.3 Å². The zero-order chi connectivity index (χ0) is 13.8. The zero-order valence-electron chi connectivity index (χ0n) is 9.78. The maximum Gasteiger partial charge on any atom is 0.386 e. The third-order valence-electron chi connectivity index (χ3n) is 2.70. The van der Waals surface area contributed by atoms with E-state index in [1.807, 2.05) is 0 Å². The van der Waals surface area contributed by atoms with Gasteiger partial charge in [-0.3, -0.25) is 20.2 Å². The molecule has 2 unspecified atom stereocenters. The fraction of sp³-hybridized carbons (Fsp3) is 0.455. The van der Waals surface area contributed by atoms with Crippen molar-refractivity contribution in [1.29, 1.82) is 0 Å². The summed E-state index contributed by atoms with van der Waals surface area (Å²) >= 11 is 6.00. The maximum atomic E-state index is 11.2. The van der Waals surface area contributed by atoms with Crippen molar-refractivity contribution in [2.24, 2.45) is 0 Å². The van der Waals surface area contributed by atoms with Crippen LogP contribution in [0.15, 0.2) is 30.3 Å². The predicted octanol–water partition coefficient (Wildman–Crippen LogP) is 2.80. The van der Waals surface area contributed by atoms with Crippen molar-refractivity contribution in [2.45, 2.75) is 30.8 Å². The molecule has 1 aromatic rings. The second kappa shape index (κ2) is 5.77. The monoisotopic (exact) mass is 272 g/mol. The van der Waals surface area contributed by atoms with Gasteiger partial charge in [0, 0.05) is 11.3 Å². The van der Waals surface area contributed by atoms with Crippen LogP contribution in [-0.4, -0.2) is 15.9 Å². The molecular formula is C11H13ClN2O4. The van der Waals surface area contributed by atoms with Crippen LogP contribution in [0.1, 0.15) is 25.3 Å². The van der Waals surface area contributed by atoms with E-state index in [0.29, 0.717) is 6.42 Å². The van der Waals surface area contributed by atoms with Crippen molar-refractivity contribution < 1.29 is 9.85 Å². The molecule has 6 nitrogen and oxygen atoms in total. The van der Waals surface area contributed by atoms with Gasteiger partial charge in [0.2, 0.25) is 0 Å². The van der Waals surface area contributed by atoms with Crippen LogP contribution in [0.25, 0.3) is 0 Å². The van der Waals surface area contributed by atoms with Gasteiger partial charge in [-0.2, -0.15) is 0 Å². The summed E-state index contributed by atoms with van der Waals surface area (Å²) in [5.41, 5.74) is 0.131. The molecule has 0 saturated carbocycles. The normalized spacial score (nSPS) is 15.7. The minimum absolute atomic E-state index is 0.0480. The lowest BCUT2D eigenvalue weighted by molar-refractivity contribution is -0.639. The van der Waals surface area contributed by atoms with E-state index < -0.39 is 20.9 Å². The number of benzene rings is 1. The molecular weight excluding hydrogens is 260 g/mol. The molecule has 0 spiro atoms. The smallest absolute Gasteiger partial charge is 0.264 e. The van der Waals surface area contributed by atoms with E-state index in [1.165, 1.54) is 12.1 Å². The second-order valence-corrected chi connectivity index (χ2v) is 4.46. The first-order valence-electron chi connectivity index (χ1n) is 5.47. The van der Waals surface area contributed by atoms with Gasteiger partial charge in [-0.1, -0.05) is 37.3 Å². The van der Waals surface area contributed by atoms with Crippen LogP contribution in [0, 0.1) is 20.2 Å². The third kappa shape index (κ3) is 2.59. The van der Waals surface area contributed by atoms with Gasteiger partial charge in [0.05, 0.1) is 10.5 Å². The maximum absolute atomic E-state index is 11.2. The summed E-state index contributed by atoms with van der Waals surface area (Å²) in [6, 6.07) is 6.21. The molecule has 0 heterocycles. The van der Waals surface area contributed by atoms with Crippen molar-refractivity contribution in [1.82, 2.24) is 0 Å². The second-order valence-electron chi connectivity index (χ2n) is 3.89. The lowest BCUT2D eigenvalue weighted by Gasteiger charge is -2.21. The Kier molecular flexibility index (Phi) is 4.61. The number of hydrogen-bond donors (Lipinski definition) is 0. The van der Waals surface area contributed by atoms with Crippen LogP contribution < -0.4 is 0 Å². The highest BCUT2D eigenvalue weighted by atomic mass is 35.5. The Hall–Kier alpha value is -1.69. The van der Waals surface area contributed by atoms with Crippen molar-refractivity contribution in [3.8, 4) is 0 Å². The number of alkyl halides is 1. The van der Waals surface area contributed by atoms with E-state index in [4.69, 9.17) is 11.6 Å². The number of nitrogens with zero attached hydrogens (tertiary/aromatic N) is 2. The van der Waals surface area contributed by atoms with Crippen molar-refractivity contribution in [3.63, 3.8) is 0 Å². The van der Waals surface area contributed by atoms with Crippen LogP contribution >= 0.6 is 11.6 Å². The Morgan fingerprint density at radius 2 is 1.83 bits per heavy atom. The minimum atomic E-state index is -2.22. The van der Waals surface area contributed by atoms with Gasteiger partial charge >= 0.3 is 11.0 Å². The van der Waals surface area contributed by atoms with Crippen LogP contribution in [0.3, 0.4) is 0 Å². The molecule has 2 atom stereocenters. The van der Waals surface area contributed by atoms with Gasteiger partial charge < -0.3 is 0 Å². The first-order chi connectivity index (χ1) is 8.44. The van der Waals surface area contributed by atoms with Crippen LogP contribution in [0.2, 0.25) is 0 Å². The Morgan fingerprint density at radius 3 is 2.22 bits per heavy atom. The summed E-state index contributed by atoms with van der Waals surface area (Å²) in [6.45, 7) is 1.72. The van der Waals surface area contributed by atoms with E-state index in [2.05, 4.69) is 0 Å². The van der Waals surface area contributed by atoms with Crippen molar-refractivity contribution >= 4 is 11.6 Å². The molecule has 0 aliphatic rings. The Labute approximate surface area is 109 Å². The van der Waals surface area contributed by atoms with Crippen LogP contribution in [0.5, 0.6) is 0 Å². The first kappa shape index (κ1) is 14.4. The summed E-state index contributed by atoms with van der Waals surface area (Å²) in [7, 11) is 0. The summed E-state index contributed by atoms with van der Waals surface area (Å²) in [4.78, 5) is 18.6. The van der Waals surface area contributed by atoms with Gasteiger partial charge in [-0.05, 0) is 18.0 Å². The fourth-order valence-electron chi connectivity index (χ4n) is 1.80. The molecule has 0 aromatic heterocycles.